The SMILES string of the molecule is CC(C)(C)c1cc(Cl)c(Cl)cc1N. The van der Waals surface area contributed by atoms with E-state index in [1.807, 2.05) is 6.07 Å². The van der Waals surface area contributed by atoms with Gasteiger partial charge in [-0.15, -0.1) is 0 Å². The number of hydrogen-bond donors (Lipinski definition) is 1. The Kier molecular flexibility index (Phi) is 2.79. The fourth-order valence-corrected chi connectivity index (χ4v) is 1.55. The van der Waals surface area contributed by atoms with Gasteiger partial charge in [0.25, 0.3) is 0 Å². The van der Waals surface area contributed by atoms with Crippen LogP contribution in [0.1, 0.15) is 26.3 Å². The molecule has 0 aliphatic heterocycles. The predicted octanol–water partition coefficient (Wildman–Crippen LogP) is 3.87. The van der Waals surface area contributed by atoms with Crippen molar-refractivity contribution in [2.45, 2.75) is 26.2 Å². The molecule has 1 aromatic rings. The predicted molar refractivity (Wildman–Crippen MR) is 59.6 cm³/mol. The van der Waals surface area contributed by atoms with Gasteiger partial charge in [0.2, 0.25) is 0 Å². The first-order valence-electron chi connectivity index (χ1n) is 4.07. The molecule has 0 saturated heterocycles. The van der Waals surface area contributed by atoms with Crippen LogP contribution in [0.4, 0.5) is 5.69 Å². The molecule has 2 N–H and O–H groups in total. The van der Waals surface area contributed by atoms with Crippen molar-refractivity contribution in [2.24, 2.45) is 0 Å². The van der Waals surface area contributed by atoms with E-state index in [2.05, 4.69) is 20.8 Å². The van der Waals surface area contributed by atoms with Crippen LogP contribution in [-0.4, -0.2) is 0 Å². The standard InChI is InChI=1S/C10H13Cl2N/c1-10(2,3)6-4-7(11)8(12)5-9(6)13/h4-5H,13H2,1-3H3. The molecule has 0 atom stereocenters. The average molecular weight is 218 g/mol. The molecule has 0 aromatic heterocycles. The van der Waals surface area contributed by atoms with Crippen molar-refractivity contribution in [1.29, 1.82) is 0 Å². The van der Waals surface area contributed by atoms with E-state index in [0.717, 1.165) is 5.56 Å². The molecule has 0 bridgehead atoms. The van der Waals surface area contributed by atoms with Gasteiger partial charge in [-0.05, 0) is 23.1 Å². The van der Waals surface area contributed by atoms with Gasteiger partial charge in [0.05, 0.1) is 10.0 Å². The molecule has 1 nitrogen and oxygen atoms in total. The molecule has 13 heavy (non-hydrogen) atoms. The van der Waals surface area contributed by atoms with Crippen molar-refractivity contribution in [2.75, 3.05) is 5.73 Å². The number of benzene rings is 1. The van der Waals surface area contributed by atoms with Crippen LogP contribution in [0.5, 0.6) is 0 Å². The van der Waals surface area contributed by atoms with E-state index in [9.17, 15) is 0 Å². The van der Waals surface area contributed by atoms with Crippen LogP contribution in [0.25, 0.3) is 0 Å². The van der Waals surface area contributed by atoms with E-state index in [0.29, 0.717) is 15.7 Å². The van der Waals surface area contributed by atoms with Crippen LogP contribution in [0, 0.1) is 0 Å². The first-order valence-corrected chi connectivity index (χ1v) is 4.83. The number of anilines is 1. The van der Waals surface area contributed by atoms with Gasteiger partial charge in [-0.3, -0.25) is 0 Å². The summed E-state index contributed by atoms with van der Waals surface area (Å²) in [5.74, 6) is 0. The summed E-state index contributed by atoms with van der Waals surface area (Å²) < 4.78 is 0. The molecule has 0 amide bonds. The lowest BCUT2D eigenvalue weighted by Crippen LogP contribution is -2.13. The molecular formula is C10H13Cl2N. The monoisotopic (exact) mass is 217 g/mol. The van der Waals surface area contributed by atoms with Crippen LogP contribution < -0.4 is 5.73 Å². The first kappa shape index (κ1) is 10.7. The van der Waals surface area contributed by atoms with Crippen molar-refractivity contribution in [1.82, 2.24) is 0 Å². The van der Waals surface area contributed by atoms with Crippen LogP contribution >= 0.6 is 23.2 Å². The first-order chi connectivity index (χ1) is 5.82. The second kappa shape index (κ2) is 3.39. The molecule has 0 fully saturated rings. The maximum atomic E-state index is 5.90. The molecule has 0 unspecified atom stereocenters. The second-order valence-corrected chi connectivity index (χ2v) is 4.92. The number of nitrogen functional groups attached to an aromatic ring is 1. The van der Waals surface area contributed by atoms with Crippen molar-refractivity contribution in [3.05, 3.63) is 27.7 Å². The third-order valence-corrected chi connectivity index (χ3v) is 2.62. The minimum atomic E-state index is -0.00167. The van der Waals surface area contributed by atoms with Gasteiger partial charge >= 0.3 is 0 Å². The molecule has 0 saturated carbocycles. The normalized spacial score (nSPS) is 11.8. The highest BCUT2D eigenvalue weighted by atomic mass is 35.5. The van der Waals surface area contributed by atoms with Crippen molar-refractivity contribution < 1.29 is 0 Å². The Labute approximate surface area is 88.8 Å². The van der Waals surface area contributed by atoms with Gasteiger partial charge in [0, 0.05) is 5.69 Å². The maximum absolute atomic E-state index is 5.90. The van der Waals surface area contributed by atoms with Crippen LogP contribution in [0.2, 0.25) is 10.0 Å². The molecule has 72 valence electrons. The summed E-state index contributed by atoms with van der Waals surface area (Å²) in [6.07, 6.45) is 0. The van der Waals surface area contributed by atoms with Crippen molar-refractivity contribution >= 4 is 28.9 Å². The summed E-state index contributed by atoms with van der Waals surface area (Å²) in [6.45, 7) is 6.26. The van der Waals surface area contributed by atoms with Gasteiger partial charge in [-0.1, -0.05) is 44.0 Å². The highest BCUT2D eigenvalue weighted by Gasteiger charge is 2.18. The highest BCUT2D eigenvalue weighted by Crippen LogP contribution is 2.34. The van der Waals surface area contributed by atoms with E-state index in [4.69, 9.17) is 28.9 Å². The van der Waals surface area contributed by atoms with Crippen molar-refractivity contribution in [3.63, 3.8) is 0 Å². The quantitative estimate of drug-likeness (QED) is 0.657. The zero-order valence-corrected chi connectivity index (χ0v) is 9.50. The Morgan fingerprint density at radius 2 is 1.54 bits per heavy atom. The average Bonchev–Trinajstić information content (AvgIpc) is 1.94. The smallest absolute Gasteiger partial charge is 0.0612 e. The summed E-state index contributed by atoms with van der Waals surface area (Å²) in [7, 11) is 0. The van der Waals surface area contributed by atoms with Gasteiger partial charge in [0.15, 0.2) is 0 Å². The Morgan fingerprint density at radius 1 is 1.08 bits per heavy atom. The second-order valence-electron chi connectivity index (χ2n) is 4.10. The molecule has 0 aliphatic carbocycles. The van der Waals surface area contributed by atoms with E-state index in [-0.39, 0.29) is 5.41 Å². The lowest BCUT2D eigenvalue weighted by molar-refractivity contribution is 0.592. The zero-order chi connectivity index (χ0) is 10.2. The van der Waals surface area contributed by atoms with Crippen LogP contribution in [-0.2, 0) is 5.41 Å². The summed E-state index contributed by atoms with van der Waals surface area (Å²) >= 11 is 11.7. The van der Waals surface area contributed by atoms with E-state index >= 15 is 0 Å². The number of nitrogens with two attached hydrogens (primary N) is 1. The van der Waals surface area contributed by atoms with E-state index in [1.54, 1.807) is 6.07 Å². The molecule has 0 spiro atoms. The molecule has 3 heteroatoms. The minimum absolute atomic E-state index is 0.00167. The summed E-state index contributed by atoms with van der Waals surface area (Å²) in [5, 5.41) is 1.06. The minimum Gasteiger partial charge on any atom is -0.398 e. The Morgan fingerprint density at radius 3 is 2.00 bits per heavy atom. The van der Waals surface area contributed by atoms with Gasteiger partial charge in [0.1, 0.15) is 0 Å². The van der Waals surface area contributed by atoms with Crippen LogP contribution in [0.3, 0.4) is 0 Å². The molecule has 1 aromatic carbocycles. The Hall–Kier alpha value is -0.400. The third kappa shape index (κ3) is 2.29. The Bertz CT molecular complexity index is 326. The highest BCUT2D eigenvalue weighted by molar-refractivity contribution is 6.42. The number of hydrogen-bond acceptors (Lipinski definition) is 1. The van der Waals surface area contributed by atoms with Gasteiger partial charge < -0.3 is 5.73 Å². The van der Waals surface area contributed by atoms with E-state index < -0.39 is 0 Å². The zero-order valence-electron chi connectivity index (χ0n) is 7.99. The van der Waals surface area contributed by atoms with Gasteiger partial charge in [-0.25, -0.2) is 0 Å². The topological polar surface area (TPSA) is 26.0 Å². The molecule has 1 rings (SSSR count). The van der Waals surface area contributed by atoms with E-state index in [1.165, 1.54) is 0 Å². The summed E-state index contributed by atoms with van der Waals surface area (Å²) in [6, 6.07) is 3.53. The lowest BCUT2D eigenvalue weighted by Gasteiger charge is -2.21. The third-order valence-electron chi connectivity index (χ3n) is 1.90. The lowest BCUT2D eigenvalue weighted by atomic mass is 9.86. The molecule has 0 aliphatic rings. The summed E-state index contributed by atoms with van der Waals surface area (Å²) in [4.78, 5) is 0. The van der Waals surface area contributed by atoms with Gasteiger partial charge in [-0.2, -0.15) is 0 Å². The number of rotatable bonds is 0. The largest absolute Gasteiger partial charge is 0.398 e. The fraction of sp³-hybridized carbons (Fsp3) is 0.400. The molecule has 0 radical (unpaired) electrons. The number of halogens is 2. The fourth-order valence-electron chi connectivity index (χ4n) is 1.21. The maximum Gasteiger partial charge on any atom is 0.0612 e. The Balaban J connectivity index is 3.32. The van der Waals surface area contributed by atoms with Crippen molar-refractivity contribution in [3.8, 4) is 0 Å². The molecule has 0 heterocycles. The summed E-state index contributed by atoms with van der Waals surface area (Å²) in [5.41, 5.74) is 7.56. The molecular weight excluding hydrogens is 205 g/mol. The van der Waals surface area contributed by atoms with Crippen LogP contribution in [0.15, 0.2) is 12.1 Å².